The first-order chi connectivity index (χ1) is 7.65. The minimum Gasteiger partial charge on any atom is -0.381 e. The van der Waals surface area contributed by atoms with Crippen molar-refractivity contribution in [2.75, 3.05) is 5.32 Å². The number of rotatable bonds is 2. The van der Waals surface area contributed by atoms with E-state index < -0.39 is 0 Å². The monoisotopic (exact) mass is 302 g/mol. The van der Waals surface area contributed by atoms with Gasteiger partial charge >= 0.3 is 0 Å². The number of hydrogen-bond acceptors (Lipinski definition) is 2. The molecule has 88 valence electrons. The van der Waals surface area contributed by atoms with Gasteiger partial charge in [0.25, 0.3) is 0 Å². The van der Waals surface area contributed by atoms with Gasteiger partial charge in [0.15, 0.2) is 0 Å². The first kappa shape index (κ1) is 12.2. The molecule has 2 nitrogen and oxygen atoms in total. The second kappa shape index (κ2) is 5.39. The quantitative estimate of drug-likeness (QED) is 0.872. The zero-order chi connectivity index (χ0) is 11.5. The van der Waals surface area contributed by atoms with E-state index in [9.17, 15) is 0 Å². The first-order valence-electron chi connectivity index (χ1n) is 5.62. The Morgan fingerprint density at radius 1 is 1.38 bits per heavy atom. The van der Waals surface area contributed by atoms with Crippen LogP contribution in [-0.4, -0.2) is 12.1 Å². The van der Waals surface area contributed by atoms with E-state index in [4.69, 9.17) is 17.3 Å². The zero-order valence-corrected chi connectivity index (χ0v) is 11.4. The van der Waals surface area contributed by atoms with Gasteiger partial charge in [-0.25, -0.2) is 0 Å². The van der Waals surface area contributed by atoms with E-state index >= 15 is 0 Å². The molecule has 16 heavy (non-hydrogen) atoms. The van der Waals surface area contributed by atoms with Crippen LogP contribution in [0.15, 0.2) is 22.7 Å². The molecule has 1 aromatic rings. The van der Waals surface area contributed by atoms with Crippen LogP contribution in [0.25, 0.3) is 0 Å². The largest absolute Gasteiger partial charge is 0.381 e. The summed E-state index contributed by atoms with van der Waals surface area (Å²) in [4.78, 5) is 0. The summed E-state index contributed by atoms with van der Waals surface area (Å²) in [5.74, 6) is 0. The fourth-order valence-corrected chi connectivity index (χ4v) is 2.91. The van der Waals surface area contributed by atoms with Crippen molar-refractivity contribution in [3.63, 3.8) is 0 Å². The lowest BCUT2D eigenvalue weighted by Gasteiger charge is -2.28. The van der Waals surface area contributed by atoms with Gasteiger partial charge in [0.05, 0.1) is 10.7 Å². The average molecular weight is 304 g/mol. The van der Waals surface area contributed by atoms with Crippen LogP contribution in [0.5, 0.6) is 0 Å². The van der Waals surface area contributed by atoms with Gasteiger partial charge in [-0.3, -0.25) is 0 Å². The third kappa shape index (κ3) is 3.12. The van der Waals surface area contributed by atoms with Crippen LogP contribution in [0.3, 0.4) is 0 Å². The highest BCUT2D eigenvalue weighted by atomic mass is 79.9. The molecule has 4 heteroatoms. The topological polar surface area (TPSA) is 38.0 Å². The molecule has 1 aliphatic rings. The summed E-state index contributed by atoms with van der Waals surface area (Å²) in [5, 5.41) is 4.23. The van der Waals surface area contributed by atoms with Gasteiger partial charge in [0.1, 0.15) is 0 Å². The van der Waals surface area contributed by atoms with Crippen LogP contribution < -0.4 is 11.1 Å². The molecular weight excluding hydrogens is 288 g/mol. The van der Waals surface area contributed by atoms with E-state index in [1.54, 1.807) is 0 Å². The molecule has 2 atom stereocenters. The summed E-state index contributed by atoms with van der Waals surface area (Å²) in [6.07, 6.45) is 4.56. The minimum absolute atomic E-state index is 0.334. The van der Waals surface area contributed by atoms with Gasteiger partial charge in [-0.2, -0.15) is 0 Å². The highest BCUT2D eigenvalue weighted by Crippen LogP contribution is 2.28. The van der Waals surface area contributed by atoms with Crippen LogP contribution in [0, 0.1) is 0 Å². The SMILES string of the molecule is NC1CCCC(Nc2ccc(Br)cc2Cl)C1. The highest BCUT2D eigenvalue weighted by Gasteiger charge is 2.19. The Balaban J connectivity index is 2.02. The standard InChI is InChI=1S/C12H16BrClN2/c13-8-4-5-12(11(14)6-8)16-10-3-1-2-9(15)7-10/h4-6,9-10,16H,1-3,7,15H2. The number of nitrogens with one attached hydrogen (secondary N) is 1. The van der Waals surface area contributed by atoms with Crippen molar-refractivity contribution in [1.82, 2.24) is 0 Å². The summed E-state index contributed by atoms with van der Waals surface area (Å²) >= 11 is 9.56. The van der Waals surface area contributed by atoms with E-state index in [2.05, 4.69) is 21.2 Å². The molecule has 0 saturated heterocycles. The number of nitrogens with two attached hydrogens (primary N) is 1. The molecule has 0 aliphatic heterocycles. The maximum absolute atomic E-state index is 6.16. The van der Waals surface area contributed by atoms with Gasteiger partial charge in [0, 0.05) is 16.6 Å². The number of benzene rings is 1. The smallest absolute Gasteiger partial charge is 0.0648 e. The first-order valence-corrected chi connectivity index (χ1v) is 6.79. The molecule has 0 heterocycles. The Morgan fingerprint density at radius 2 is 2.19 bits per heavy atom. The molecule has 0 aromatic heterocycles. The molecule has 0 radical (unpaired) electrons. The summed E-state index contributed by atoms with van der Waals surface area (Å²) < 4.78 is 1.00. The van der Waals surface area contributed by atoms with Crippen molar-refractivity contribution < 1.29 is 0 Å². The lowest BCUT2D eigenvalue weighted by atomic mass is 9.91. The number of anilines is 1. The third-order valence-corrected chi connectivity index (χ3v) is 3.81. The lowest BCUT2D eigenvalue weighted by molar-refractivity contribution is 0.409. The zero-order valence-electron chi connectivity index (χ0n) is 9.05. The van der Waals surface area contributed by atoms with Crippen LogP contribution >= 0.6 is 27.5 Å². The molecular formula is C12H16BrClN2. The number of hydrogen-bond donors (Lipinski definition) is 2. The molecule has 3 N–H and O–H groups in total. The maximum Gasteiger partial charge on any atom is 0.0648 e. The van der Waals surface area contributed by atoms with Gasteiger partial charge < -0.3 is 11.1 Å². The van der Waals surface area contributed by atoms with Crippen LogP contribution in [0.2, 0.25) is 5.02 Å². The predicted molar refractivity (Wildman–Crippen MR) is 73.0 cm³/mol. The van der Waals surface area contributed by atoms with Crippen molar-refractivity contribution in [2.24, 2.45) is 5.73 Å². The predicted octanol–water partition coefficient (Wildman–Crippen LogP) is 3.78. The Morgan fingerprint density at radius 3 is 2.88 bits per heavy atom. The number of halogens is 2. The Hall–Kier alpha value is -0.250. The molecule has 0 amide bonds. The van der Waals surface area contributed by atoms with E-state index in [1.807, 2.05) is 18.2 Å². The third-order valence-electron chi connectivity index (χ3n) is 3.01. The lowest BCUT2D eigenvalue weighted by Crippen LogP contribution is -2.34. The van der Waals surface area contributed by atoms with Crippen molar-refractivity contribution in [3.05, 3.63) is 27.7 Å². The van der Waals surface area contributed by atoms with Crippen LogP contribution in [0.4, 0.5) is 5.69 Å². The van der Waals surface area contributed by atoms with Crippen molar-refractivity contribution >= 4 is 33.2 Å². The summed E-state index contributed by atoms with van der Waals surface area (Å²) in [7, 11) is 0. The summed E-state index contributed by atoms with van der Waals surface area (Å²) in [5.41, 5.74) is 6.96. The molecule has 1 aromatic carbocycles. The maximum atomic E-state index is 6.16. The summed E-state index contributed by atoms with van der Waals surface area (Å²) in [6.45, 7) is 0. The summed E-state index contributed by atoms with van der Waals surface area (Å²) in [6, 6.07) is 6.71. The van der Waals surface area contributed by atoms with Gasteiger partial charge in [0.2, 0.25) is 0 Å². The Labute approximate surface area is 110 Å². The highest BCUT2D eigenvalue weighted by molar-refractivity contribution is 9.10. The molecule has 1 fully saturated rings. The Kier molecular flexibility index (Phi) is 4.11. The molecule has 0 bridgehead atoms. The molecule has 0 spiro atoms. The second-order valence-corrected chi connectivity index (χ2v) is 5.71. The minimum atomic E-state index is 0.334. The fraction of sp³-hybridized carbons (Fsp3) is 0.500. The van der Waals surface area contributed by atoms with Crippen molar-refractivity contribution in [1.29, 1.82) is 0 Å². The van der Waals surface area contributed by atoms with E-state index in [-0.39, 0.29) is 0 Å². The van der Waals surface area contributed by atoms with Crippen LogP contribution in [-0.2, 0) is 0 Å². The fourth-order valence-electron chi connectivity index (χ4n) is 2.19. The molecule has 2 rings (SSSR count). The van der Waals surface area contributed by atoms with E-state index in [0.29, 0.717) is 12.1 Å². The molecule has 1 saturated carbocycles. The van der Waals surface area contributed by atoms with E-state index in [1.165, 1.54) is 12.8 Å². The Bertz CT molecular complexity index is 370. The normalized spacial score (nSPS) is 25.4. The average Bonchev–Trinajstić information content (AvgIpc) is 2.22. The van der Waals surface area contributed by atoms with Gasteiger partial charge in [-0.15, -0.1) is 0 Å². The molecule has 2 unspecified atom stereocenters. The van der Waals surface area contributed by atoms with E-state index in [0.717, 1.165) is 28.0 Å². The van der Waals surface area contributed by atoms with Gasteiger partial charge in [-0.1, -0.05) is 27.5 Å². The second-order valence-electron chi connectivity index (χ2n) is 4.39. The van der Waals surface area contributed by atoms with Gasteiger partial charge in [-0.05, 0) is 43.9 Å². The van der Waals surface area contributed by atoms with Crippen molar-refractivity contribution in [2.45, 2.75) is 37.8 Å². The van der Waals surface area contributed by atoms with Crippen molar-refractivity contribution in [3.8, 4) is 0 Å². The molecule has 1 aliphatic carbocycles. The van der Waals surface area contributed by atoms with Crippen LogP contribution in [0.1, 0.15) is 25.7 Å².